The molecule has 0 spiro atoms. The highest BCUT2D eigenvalue weighted by atomic mass is 16.6. The van der Waals surface area contributed by atoms with Gasteiger partial charge in [-0.2, -0.15) is 0 Å². The average Bonchev–Trinajstić information content (AvgIpc) is 2.60. The zero-order valence-corrected chi connectivity index (χ0v) is 11.1. The Labute approximate surface area is 108 Å². The molecule has 0 unspecified atom stereocenters. The van der Waals surface area contributed by atoms with E-state index < -0.39 is 0 Å². The molecule has 0 aromatic carbocycles. The quantitative estimate of drug-likeness (QED) is 0.403. The van der Waals surface area contributed by atoms with Crippen molar-refractivity contribution in [1.29, 1.82) is 0 Å². The highest BCUT2D eigenvalue weighted by molar-refractivity contribution is 6.16. The Kier molecular flexibility index (Phi) is 6.01. The average molecular weight is 254 g/mol. The van der Waals surface area contributed by atoms with Crippen molar-refractivity contribution in [2.45, 2.75) is 39.5 Å². The van der Waals surface area contributed by atoms with Crippen LogP contribution in [0.2, 0.25) is 0 Å². The molecule has 5 heteroatoms. The van der Waals surface area contributed by atoms with E-state index in [-0.39, 0.29) is 17.7 Å². The summed E-state index contributed by atoms with van der Waals surface area (Å²) in [5.41, 5.74) is 0.622. The summed E-state index contributed by atoms with van der Waals surface area (Å²) in [6.45, 7) is 4.91. The lowest BCUT2D eigenvalue weighted by Gasteiger charge is -2.15. The van der Waals surface area contributed by atoms with E-state index in [1.54, 1.807) is 0 Å². The van der Waals surface area contributed by atoms with E-state index in [4.69, 9.17) is 5.90 Å². The number of carbonyl (C=O) groups is 2. The van der Waals surface area contributed by atoms with E-state index in [1.165, 1.54) is 11.0 Å². The maximum Gasteiger partial charge on any atom is 0.257 e. The zero-order valence-electron chi connectivity index (χ0n) is 11.1. The van der Waals surface area contributed by atoms with Gasteiger partial charge in [-0.25, -0.2) is 5.90 Å². The second kappa shape index (κ2) is 7.28. The van der Waals surface area contributed by atoms with E-state index in [2.05, 4.69) is 4.84 Å². The highest BCUT2D eigenvalue weighted by Crippen LogP contribution is 2.20. The molecule has 0 atom stereocenters. The van der Waals surface area contributed by atoms with Gasteiger partial charge in [0.25, 0.3) is 11.8 Å². The third kappa shape index (κ3) is 3.92. The maximum absolute atomic E-state index is 11.9. The number of rotatable bonds is 8. The summed E-state index contributed by atoms with van der Waals surface area (Å²) >= 11 is 0. The lowest BCUT2D eigenvalue weighted by atomic mass is 10.0. The van der Waals surface area contributed by atoms with Crippen LogP contribution in [0.3, 0.4) is 0 Å². The van der Waals surface area contributed by atoms with Crippen molar-refractivity contribution in [2.75, 3.05) is 13.2 Å². The molecule has 1 heterocycles. The monoisotopic (exact) mass is 254 g/mol. The minimum atomic E-state index is -0.172. The number of nitrogens with two attached hydrogens (primary N) is 1. The van der Waals surface area contributed by atoms with E-state index in [0.29, 0.717) is 18.7 Å². The van der Waals surface area contributed by atoms with Crippen molar-refractivity contribution in [3.05, 3.63) is 11.6 Å². The Morgan fingerprint density at radius 2 is 1.89 bits per heavy atom. The van der Waals surface area contributed by atoms with Crippen LogP contribution in [0.25, 0.3) is 0 Å². The molecule has 0 fully saturated rings. The van der Waals surface area contributed by atoms with E-state index in [9.17, 15) is 9.59 Å². The van der Waals surface area contributed by atoms with Gasteiger partial charge in [0.1, 0.15) is 0 Å². The van der Waals surface area contributed by atoms with Crippen LogP contribution >= 0.6 is 0 Å². The van der Waals surface area contributed by atoms with Crippen LogP contribution < -0.4 is 5.90 Å². The summed E-state index contributed by atoms with van der Waals surface area (Å²) < 4.78 is 0. The van der Waals surface area contributed by atoms with Crippen molar-refractivity contribution >= 4 is 11.8 Å². The van der Waals surface area contributed by atoms with Gasteiger partial charge in [0, 0.05) is 18.2 Å². The number of unbranched alkanes of at least 4 members (excludes halogenated alkanes) is 3. The molecule has 18 heavy (non-hydrogen) atoms. The smallest absolute Gasteiger partial charge is 0.257 e. The van der Waals surface area contributed by atoms with Gasteiger partial charge in [-0.3, -0.25) is 14.5 Å². The second-order valence-corrected chi connectivity index (χ2v) is 4.83. The fourth-order valence-electron chi connectivity index (χ4n) is 1.96. The van der Waals surface area contributed by atoms with Crippen molar-refractivity contribution in [1.82, 2.24) is 4.90 Å². The van der Waals surface area contributed by atoms with E-state index in [1.807, 2.05) is 13.8 Å². The summed E-state index contributed by atoms with van der Waals surface area (Å²) in [4.78, 5) is 29.4. The third-order valence-corrected chi connectivity index (χ3v) is 3.05. The molecule has 0 radical (unpaired) electrons. The molecule has 0 saturated carbocycles. The predicted octanol–water partition coefficient (Wildman–Crippen LogP) is 1.39. The lowest BCUT2D eigenvalue weighted by molar-refractivity contribution is -0.137. The topological polar surface area (TPSA) is 72.6 Å². The molecule has 0 saturated heterocycles. The van der Waals surface area contributed by atoms with Crippen LogP contribution in [0.4, 0.5) is 0 Å². The van der Waals surface area contributed by atoms with Crippen LogP contribution in [0, 0.1) is 5.92 Å². The number of carbonyl (C=O) groups excluding carboxylic acids is 2. The van der Waals surface area contributed by atoms with Crippen LogP contribution in [0.5, 0.6) is 0 Å². The second-order valence-electron chi connectivity index (χ2n) is 4.83. The molecule has 102 valence electrons. The van der Waals surface area contributed by atoms with Gasteiger partial charge in [-0.1, -0.05) is 26.7 Å². The van der Waals surface area contributed by atoms with Crippen LogP contribution in [0.15, 0.2) is 11.6 Å². The van der Waals surface area contributed by atoms with Gasteiger partial charge in [0.2, 0.25) is 0 Å². The normalized spacial score (nSPS) is 15.8. The standard InChI is InChI=1S/C13H22N2O3/c1-10(2)11-9-12(16)15(13(11)17)7-5-3-4-6-8-18-14/h9-10H,3-8,14H2,1-2H3. The summed E-state index contributed by atoms with van der Waals surface area (Å²) in [7, 11) is 0. The number of nitrogens with zero attached hydrogens (tertiary/aromatic N) is 1. The van der Waals surface area contributed by atoms with Gasteiger partial charge < -0.3 is 4.84 Å². The molecule has 1 rings (SSSR count). The molecular weight excluding hydrogens is 232 g/mol. The predicted molar refractivity (Wildman–Crippen MR) is 68.2 cm³/mol. The molecule has 0 aliphatic carbocycles. The van der Waals surface area contributed by atoms with E-state index in [0.717, 1.165) is 25.7 Å². The van der Waals surface area contributed by atoms with Gasteiger partial charge in [-0.05, 0) is 18.8 Å². The summed E-state index contributed by atoms with van der Waals surface area (Å²) in [5, 5.41) is 0. The molecule has 1 aliphatic rings. The fourth-order valence-corrected chi connectivity index (χ4v) is 1.96. The lowest BCUT2D eigenvalue weighted by Crippen LogP contribution is -2.32. The van der Waals surface area contributed by atoms with Gasteiger partial charge in [0.05, 0.1) is 6.61 Å². The van der Waals surface area contributed by atoms with Crippen molar-refractivity contribution in [3.63, 3.8) is 0 Å². The first kappa shape index (κ1) is 14.9. The Hall–Kier alpha value is -1.20. The third-order valence-electron chi connectivity index (χ3n) is 3.05. The van der Waals surface area contributed by atoms with Gasteiger partial charge in [0.15, 0.2) is 0 Å². The number of hydrogen-bond acceptors (Lipinski definition) is 4. The van der Waals surface area contributed by atoms with Crippen LogP contribution in [-0.2, 0) is 14.4 Å². The maximum atomic E-state index is 11.9. The SMILES string of the molecule is CC(C)C1=CC(=O)N(CCCCCCON)C1=O. The molecule has 1 aliphatic heterocycles. The summed E-state index contributed by atoms with van der Waals surface area (Å²) in [6.07, 6.45) is 5.18. The van der Waals surface area contributed by atoms with Crippen LogP contribution in [-0.4, -0.2) is 29.9 Å². The number of amides is 2. The van der Waals surface area contributed by atoms with Gasteiger partial charge >= 0.3 is 0 Å². The molecule has 2 N–H and O–H groups in total. The largest absolute Gasteiger partial charge is 0.305 e. The minimum absolute atomic E-state index is 0.105. The molecule has 0 aromatic rings. The van der Waals surface area contributed by atoms with Crippen molar-refractivity contribution in [2.24, 2.45) is 11.8 Å². The molecule has 2 amide bonds. The Morgan fingerprint density at radius 3 is 2.44 bits per heavy atom. The first-order chi connectivity index (χ1) is 8.57. The Balaban J connectivity index is 2.28. The molecule has 0 aromatic heterocycles. The molecular formula is C13H22N2O3. The first-order valence-electron chi connectivity index (χ1n) is 6.47. The number of imide groups is 1. The molecule has 0 bridgehead atoms. The first-order valence-corrected chi connectivity index (χ1v) is 6.47. The Morgan fingerprint density at radius 1 is 1.22 bits per heavy atom. The van der Waals surface area contributed by atoms with Gasteiger partial charge in [-0.15, -0.1) is 0 Å². The molecule has 5 nitrogen and oxygen atoms in total. The highest BCUT2D eigenvalue weighted by Gasteiger charge is 2.31. The van der Waals surface area contributed by atoms with E-state index >= 15 is 0 Å². The fraction of sp³-hybridized carbons (Fsp3) is 0.692. The number of hydrogen-bond donors (Lipinski definition) is 1. The minimum Gasteiger partial charge on any atom is -0.305 e. The van der Waals surface area contributed by atoms with Crippen molar-refractivity contribution < 1.29 is 14.4 Å². The Bertz CT molecular complexity index is 337. The van der Waals surface area contributed by atoms with Crippen LogP contribution in [0.1, 0.15) is 39.5 Å². The zero-order chi connectivity index (χ0) is 13.5. The van der Waals surface area contributed by atoms with Crippen molar-refractivity contribution in [3.8, 4) is 0 Å². The summed E-state index contributed by atoms with van der Waals surface area (Å²) in [5.74, 6) is 4.73. The summed E-state index contributed by atoms with van der Waals surface area (Å²) in [6, 6.07) is 0.